The van der Waals surface area contributed by atoms with Gasteiger partial charge in [0.05, 0.1) is 13.7 Å². The van der Waals surface area contributed by atoms with Crippen molar-refractivity contribution in [2.45, 2.75) is 68.1 Å². The molecule has 3 heterocycles. The van der Waals surface area contributed by atoms with E-state index in [2.05, 4.69) is 0 Å². The zero-order valence-electron chi connectivity index (χ0n) is 29.3. The first-order valence-electron chi connectivity index (χ1n) is 17.0. The van der Waals surface area contributed by atoms with Crippen LogP contribution in [0.4, 0.5) is 0 Å². The van der Waals surface area contributed by atoms with E-state index in [0.29, 0.717) is 11.1 Å². The van der Waals surface area contributed by atoms with E-state index >= 15 is 0 Å². The van der Waals surface area contributed by atoms with Crippen molar-refractivity contribution in [3.05, 3.63) is 87.6 Å². The summed E-state index contributed by atoms with van der Waals surface area (Å²) in [5.74, 6) is -1.34. The smallest absolute Gasteiger partial charge is 0.330 e. The van der Waals surface area contributed by atoms with Crippen LogP contribution in [-0.2, 0) is 23.7 Å². The third-order valence-corrected chi connectivity index (χ3v) is 9.51. The zero-order chi connectivity index (χ0) is 39.7. The van der Waals surface area contributed by atoms with Crippen LogP contribution in [0.2, 0.25) is 0 Å². The number of rotatable bonds is 10. The number of phenols is 3. The van der Waals surface area contributed by atoms with E-state index in [4.69, 9.17) is 28.1 Å². The fraction of sp³-hybridized carbons (Fsp3) is 0.368. The number of carbonyl (C=O) groups excluding carboxylic acids is 1. The van der Waals surface area contributed by atoms with Gasteiger partial charge in [0.15, 0.2) is 23.2 Å². The number of methoxy groups -OCH3 is 1. The van der Waals surface area contributed by atoms with Gasteiger partial charge in [-0.3, -0.25) is 4.79 Å². The predicted octanol–water partition coefficient (Wildman–Crippen LogP) is 0.497. The van der Waals surface area contributed by atoms with E-state index in [-0.39, 0.29) is 45.1 Å². The van der Waals surface area contributed by atoms with Gasteiger partial charge >= 0.3 is 5.97 Å². The van der Waals surface area contributed by atoms with Crippen LogP contribution in [0.1, 0.15) is 22.8 Å². The zero-order valence-corrected chi connectivity index (χ0v) is 29.3. The standard InChI is InChI=1S/C38H40O17/c1-16-11-24-29(21(42)13-22(52-24)18-5-7-19(40)8-6-18)32(46)28(16)36-37(34(48)30(44)25(14-39)53-36)55-38-35(49)33(47)31(45)26(54-38)15-51-27(43)10-4-17-3-9-20(41)23(12-17)50-2/h3-13,25-26,30-31,33-41,44-49H,14-15H2,1-2H3. The molecule has 2 aliphatic heterocycles. The van der Waals surface area contributed by atoms with Gasteiger partial charge < -0.3 is 74.1 Å². The Morgan fingerprint density at radius 2 is 1.56 bits per heavy atom. The summed E-state index contributed by atoms with van der Waals surface area (Å²) < 4.78 is 33.8. The molecule has 9 N–H and O–H groups in total. The molecule has 1 aromatic heterocycles. The van der Waals surface area contributed by atoms with Crippen molar-refractivity contribution in [2.24, 2.45) is 0 Å². The summed E-state index contributed by atoms with van der Waals surface area (Å²) in [4.78, 5) is 25.9. The Morgan fingerprint density at radius 3 is 2.25 bits per heavy atom. The summed E-state index contributed by atoms with van der Waals surface area (Å²) in [5.41, 5.74) is 0.380. The van der Waals surface area contributed by atoms with Crippen molar-refractivity contribution in [3.8, 4) is 34.3 Å². The first kappa shape index (κ1) is 39.6. The lowest BCUT2D eigenvalue weighted by Gasteiger charge is -2.46. The lowest BCUT2D eigenvalue weighted by atomic mass is 9.87. The number of fused-ring (bicyclic) bond motifs is 1. The normalized spacial score (nSPS) is 28.4. The molecule has 10 atom stereocenters. The fourth-order valence-corrected chi connectivity index (χ4v) is 6.54. The Kier molecular flexibility index (Phi) is 11.8. The van der Waals surface area contributed by atoms with Crippen molar-refractivity contribution in [3.63, 3.8) is 0 Å². The van der Waals surface area contributed by atoms with Gasteiger partial charge in [0.2, 0.25) is 0 Å². The minimum Gasteiger partial charge on any atom is -0.508 e. The monoisotopic (exact) mass is 768 g/mol. The van der Waals surface area contributed by atoms with Gasteiger partial charge in [-0.2, -0.15) is 0 Å². The van der Waals surface area contributed by atoms with Gasteiger partial charge in [-0.05, 0) is 66.6 Å². The molecule has 0 amide bonds. The third-order valence-electron chi connectivity index (χ3n) is 9.51. The molecule has 17 nitrogen and oxygen atoms in total. The minimum absolute atomic E-state index is 0.00363. The molecular formula is C38H40O17. The second kappa shape index (κ2) is 16.3. The summed E-state index contributed by atoms with van der Waals surface area (Å²) in [6.07, 6.45) is -15.0. The van der Waals surface area contributed by atoms with Gasteiger partial charge in [0, 0.05) is 23.3 Å². The number of aryl methyl sites for hydroxylation is 1. The number of ether oxygens (including phenoxy) is 5. The van der Waals surface area contributed by atoms with E-state index in [9.17, 15) is 55.5 Å². The van der Waals surface area contributed by atoms with Gasteiger partial charge in [0.25, 0.3) is 0 Å². The molecule has 4 aromatic rings. The molecule has 294 valence electrons. The molecule has 2 fully saturated rings. The predicted molar refractivity (Wildman–Crippen MR) is 189 cm³/mol. The number of hydrogen-bond donors (Lipinski definition) is 9. The number of aliphatic hydroxyl groups is 6. The Morgan fingerprint density at radius 1 is 0.855 bits per heavy atom. The van der Waals surface area contributed by atoms with Crippen molar-refractivity contribution < 1.29 is 78.9 Å². The first-order chi connectivity index (χ1) is 26.2. The molecule has 10 unspecified atom stereocenters. The molecule has 17 heteroatoms. The maximum atomic E-state index is 13.4. The summed E-state index contributed by atoms with van der Waals surface area (Å²) in [6, 6.07) is 12.8. The summed E-state index contributed by atoms with van der Waals surface area (Å²) >= 11 is 0. The second-order valence-corrected chi connectivity index (χ2v) is 13.1. The van der Waals surface area contributed by atoms with Crippen LogP contribution in [0.3, 0.4) is 0 Å². The topological polar surface area (TPSA) is 275 Å². The van der Waals surface area contributed by atoms with E-state index < -0.39 is 91.6 Å². The van der Waals surface area contributed by atoms with Crippen LogP contribution < -0.4 is 10.2 Å². The molecule has 0 spiro atoms. The molecule has 0 radical (unpaired) electrons. The number of phenolic OH excluding ortho intramolecular Hbond substituents is 3. The van der Waals surface area contributed by atoms with Crippen molar-refractivity contribution in [2.75, 3.05) is 20.3 Å². The average molecular weight is 769 g/mol. The number of aromatic hydroxyl groups is 3. The molecule has 0 saturated carbocycles. The Hall–Kier alpha value is -5.08. The number of aliphatic hydroxyl groups excluding tert-OH is 6. The maximum absolute atomic E-state index is 13.4. The molecule has 2 saturated heterocycles. The molecule has 55 heavy (non-hydrogen) atoms. The minimum atomic E-state index is -1.97. The summed E-state index contributed by atoms with van der Waals surface area (Å²) in [5, 5.41) is 95.1. The second-order valence-electron chi connectivity index (χ2n) is 13.1. The number of carbonyl (C=O) groups is 1. The number of hydrogen-bond acceptors (Lipinski definition) is 17. The lowest BCUT2D eigenvalue weighted by Crippen LogP contribution is -2.63. The van der Waals surface area contributed by atoms with Crippen molar-refractivity contribution in [1.29, 1.82) is 0 Å². The Bertz CT molecular complexity index is 2100. The van der Waals surface area contributed by atoms with Crippen LogP contribution in [0.5, 0.6) is 23.0 Å². The highest BCUT2D eigenvalue weighted by molar-refractivity contribution is 5.88. The summed E-state index contributed by atoms with van der Waals surface area (Å²) in [6.45, 7) is 0.0842. The van der Waals surface area contributed by atoms with E-state index in [1.165, 1.54) is 68.6 Å². The van der Waals surface area contributed by atoms with Gasteiger partial charge in [-0.25, -0.2) is 4.79 Å². The van der Waals surface area contributed by atoms with E-state index in [1.807, 2.05) is 0 Å². The Balaban J connectivity index is 1.26. The number of benzene rings is 3. The molecule has 6 rings (SSSR count). The van der Waals surface area contributed by atoms with Crippen LogP contribution in [0, 0.1) is 6.92 Å². The van der Waals surface area contributed by atoms with Crippen LogP contribution >= 0.6 is 0 Å². The van der Waals surface area contributed by atoms with Crippen molar-refractivity contribution in [1.82, 2.24) is 0 Å². The third kappa shape index (κ3) is 8.01. The van der Waals surface area contributed by atoms with Crippen molar-refractivity contribution >= 4 is 23.0 Å². The van der Waals surface area contributed by atoms with E-state index in [0.717, 1.165) is 12.1 Å². The van der Waals surface area contributed by atoms with Gasteiger partial charge in [-0.15, -0.1) is 0 Å². The SMILES string of the molecule is COc1cc(C=CC(=O)OCC2OC(OC3C(c4c(C)cc5oc(-c6ccc(O)cc6)cc(=O)c5c4O)OC(CO)C(O)C3O)C(O)C(O)C2O)ccc1O. The average Bonchev–Trinajstić information content (AvgIpc) is 3.16. The highest BCUT2D eigenvalue weighted by Gasteiger charge is 2.52. The fourth-order valence-electron chi connectivity index (χ4n) is 6.54. The van der Waals surface area contributed by atoms with Crippen LogP contribution in [0.25, 0.3) is 28.4 Å². The highest BCUT2D eigenvalue weighted by Crippen LogP contribution is 2.44. The van der Waals surface area contributed by atoms with E-state index in [1.54, 1.807) is 0 Å². The molecule has 2 aliphatic rings. The lowest BCUT2D eigenvalue weighted by molar-refractivity contribution is -0.342. The molecule has 0 aliphatic carbocycles. The Labute approximate surface area is 312 Å². The maximum Gasteiger partial charge on any atom is 0.330 e. The molecular weight excluding hydrogens is 728 g/mol. The first-order valence-corrected chi connectivity index (χ1v) is 17.0. The van der Waals surface area contributed by atoms with Crippen LogP contribution in [-0.4, -0.2) is 127 Å². The largest absolute Gasteiger partial charge is 0.508 e. The highest BCUT2D eigenvalue weighted by atomic mass is 16.7. The van der Waals surface area contributed by atoms with Gasteiger partial charge in [0.1, 0.15) is 89.8 Å². The number of esters is 1. The molecule has 3 aromatic carbocycles. The molecule has 0 bridgehead atoms. The quantitative estimate of drug-likeness (QED) is 0.0785. The summed E-state index contributed by atoms with van der Waals surface area (Å²) in [7, 11) is 1.36. The van der Waals surface area contributed by atoms with Crippen LogP contribution in [0.15, 0.2) is 69.9 Å². The van der Waals surface area contributed by atoms with Gasteiger partial charge in [-0.1, -0.05) is 6.07 Å².